The van der Waals surface area contributed by atoms with Crippen molar-refractivity contribution >= 4 is 23.4 Å². The molecule has 0 saturated heterocycles. The molecule has 0 heterocycles. The zero-order valence-corrected chi connectivity index (χ0v) is 13.5. The molecule has 0 amide bonds. The van der Waals surface area contributed by atoms with E-state index in [-0.39, 0.29) is 0 Å². The van der Waals surface area contributed by atoms with Crippen LogP contribution in [0, 0.1) is 5.92 Å². The highest BCUT2D eigenvalue weighted by atomic mass is 35.5. The van der Waals surface area contributed by atoms with Crippen molar-refractivity contribution in [3.63, 3.8) is 0 Å². The summed E-state index contributed by atoms with van der Waals surface area (Å²) >= 11 is 8.24. The van der Waals surface area contributed by atoms with E-state index in [2.05, 4.69) is 56.0 Å². The molecule has 1 aromatic rings. The number of thioether (sulfide) groups is 1. The Morgan fingerprint density at radius 1 is 1.35 bits per heavy atom. The first kappa shape index (κ1) is 15.5. The minimum atomic E-state index is 0.478. The van der Waals surface area contributed by atoms with E-state index in [1.807, 2.05) is 11.8 Å². The van der Waals surface area contributed by atoms with Crippen LogP contribution >= 0.6 is 23.4 Å². The molecule has 1 aromatic carbocycles. The Morgan fingerprint density at radius 3 is 2.75 bits per heavy atom. The number of hydrogen-bond donors (Lipinski definition) is 0. The fraction of sp³-hybridized carbons (Fsp3) is 0.333. The van der Waals surface area contributed by atoms with E-state index in [0.717, 1.165) is 30.0 Å². The van der Waals surface area contributed by atoms with Crippen molar-refractivity contribution in [2.24, 2.45) is 5.92 Å². The summed E-state index contributed by atoms with van der Waals surface area (Å²) in [5, 5.41) is 1.03. The molecule has 0 bridgehead atoms. The molecule has 1 aliphatic carbocycles. The number of rotatable bonds is 6. The van der Waals surface area contributed by atoms with E-state index in [0.29, 0.717) is 5.92 Å². The van der Waals surface area contributed by atoms with Crippen LogP contribution in [0.3, 0.4) is 0 Å². The fourth-order valence-electron chi connectivity index (χ4n) is 2.22. The number of halogens is 1. The van der Waals surface area contributed by atoms with Gasteiger partial charge in [0.25, 0.3) is 0 Å². The number of allylic oxidation sites excluding steroid dienone is 5. The molecule has 0 N–H and O–H groups in total. The molecule has 1 aliphatic rings. The standard InChI is InChI=1S/C18H21ClS/c1-14(2)16(12-15-8-6-7-11-18(15)19)13-20-17-9-4-3-5-10-17/h3-6,8-10,16H,1,7,11-13H2,2H3. The quantitative estimate of drug-likeness (QED) is 0.445. The molecular formula is C18H21ClS. The third kappa shape index (κ3) is 4.57. The molecule has 20 heavy (non-hydrogen) atoms. The first-order valence-corrected chi connectivity index (χ1v) is 8.40. The van der Waals surface area contributed by atoms with Gasteiger partial charge in [0.15, 0.2) is 0 Å². The van der Waals surface area contributed by atoms with Gasteiger partial charge in [0.1, 0.15) is 0 Å². The topological polar surface area (TPSA) is 0 Å². The summed E-state index contributed by atoms with van der Waals surface area (Å²) in [4.78, 5) is 1.32. The van der Waals surface area contributed by atoms with Crippen molar-refractivity contribution in [1.82, 2.24) is 0 Å². The molecule has 2 rings (SSSR count). The molecule has 2 heteroatoms. The van der Waals surface area contributed by atoms with Gasteiger partial charge in [0.05, 0.1) is 0 Å². The van der Waals surface area contributed by atoms with E-state index < -0.39 is 0 Å². The second-order valence-corrected chi connectivity index (χ2v) is 6.79. The van der Waals surface area contributed by atoms with Gasteiger partial charge in [-0.15, -0.1) is 11.8 Å². The molecule has 0 radical (unpaired) electrons. The lowest BCUT2D eigenvalue weighted by Crippen LogP contribution is -2.07. The van der Waals surface area contributed by atoms with E-state index in [4.69, 9.17) is 11.6 Å². The molecule has 0 spiro atoms. The molecule has 0 fully saturated rings. The molecule has 0 aromatic heterocycles. The summed E-state index contributed by atoms with van der Waals surface area (Å²) in [5.41, 5.74) is 2.53. The lowest BCUT2D eigenvalue weighted by Gasteiger charge is -2.20. The summed E-state index contributed by atoms with van der Waals surface area (Å²) in [6.07, 6.45) is 7.47. The summed E-state index contributed by atoms with van der Waals surface area (Å²) < 4.78 is 0. The average Bonchev–Trinajstić information content (AvgIpc) is 2.46. The first-order chi connectivity index (χ1) is 9.66. The highest BCUT2D eigenvalue weighted by molar-refractivity contribution is 7.99. The summed E-state index contributed by atoms with van der Waals surface area (Å²) in [7, 11) is 0. The van der Waals surface area contributed by atoms with Gasteiger partial charge in [0, 0.05) is 15.7 Å². The summed E-state index contributed by atoms with van der Waals surface area (Å²) in [6, 6.07) is 10.5. The Labute approximate surface area is 131 Å². The summed E-state index contributed by atoms with van der Waals surface area (Å²) in [6.45, 7) is 6.28. The Balaban J connectivity index is 1.97. The van der Waals surface area contributed by atoms with Crippen molar-refractivity contribution < 1.29 is 0 Å². The zero-order valence-electron chi connectivity index (χ0n) is 11.9. The van der Waals surface area contributed by atoms with Crippen LogP contribution in [0.1, 0.15) is 26.2 Å². The van der Waals surface area contributed by atoms with Gasteiger partial charge in [-0.25, -0.2) is 0 Å². The van der Waals surface area contributed by atoms with Crippen LogP contribution in [-0.4, -0.2) is 5.75 Å². The lowest BCUT2D eigenvalue weighted by molar-refractivity contribution is 0.687. The minimum absolute atomic E-state index is 0.478. The van der Waals surface area contributed by atoms with Gasteiger partial charge in [-0.3, -0.25) is 0 Å². The van der Waals surface area contributed by atoms with E-state index in [9.17, 15) is 0 Å². The number of hydrogen-bond acceptors (Lipinski definition) is 1. The Bertz CT molecular complexity index is 513. The van der Waals surface area contributed by atoms with Gasteiger partial charge in [0.2, 0.25) is 0 Å². The zero-order chi connectivity index (χ0) is 14.4. The van der Waals surface area contributed by atoms with Crippen LogP contribution < -0.4 is 0 Å². The van der Waals surface area contributed by atoms with Crippen LogP contribution in [-0.2, 0) is 0 Å². The molecule has 1 atom stereocenters. The van der Waals surface area contributed by atoms with Crippen molar-refractivity contribution in [2.75, 3.05) is 5.75 Å². The smallest absolute Gasteiger partial charge is 0.0216 e. The summed E-state index contributed by atoms with van der Waals surface area (Å²) in [5.74, 6) is 1.53. The number of benzene rings is 1. The lowest BCUT2D eigenvalue weighted by atomic mass is 9.92. The maximum atomic E-state index is 6.34. The van der Waals surface area contributed by atoms with Gasteiger partial charge in [-0.2, -0.15) is 0 Å². The van der Waals surface area contributed by atoms with Gasteiger partial charge in [-0.05, 0) is 49.8 Å². The average molecular weight is 305 g/mol. The second-order valence-electron chi connectivity index (χ2n) is 5.24. The van der Waals surface area contributed by atoms with Gasteiger partial charge >= 0.3 is 0 Å². The normalized spacial score (nSPS) is 16.3. The predicted molar refractivity (Wildman–Crippen MR) is 91.3 cm³/mol. The second kappa shape index (κ2) is 7.75. The van der Waals surface area contributed by atoms with Crippen molar-refractivity contribution in [3.8, 4) is 0 Å². The highest BCUT2D eigenvalue weighted by Gasteiger charge is 2.15. The third-order valence-corrected chi connectivity index (χ3v) is 5.16. The van der Waals surface area contributed by atoms with E-state index in [1.54, 1.807) is 0 Å². The maximum absolute atomic E-state index is 6.34. The Kier molecular flexibility index (Phi) is 6.00. The first-order valence-electron chi connectivity index (χ1n) is 7.04. The Morgan fingerprint density at radius 2 is 2.10 bits per heavy atom. The molecular weight excluding hydrogens is 284 g/mol. The van der Waals surface area contributed by atoms with Crippen LogP contribution in [0.4, 0.5) is 0 Å². The van der Waals surface area contributed by atoms with Crippen LogP contribution in [0.5, 0.6) is 0 Å². The van der Waals surface area contributed by atoms with E-state index in [1.165, 1.54) is 16.0 Å². The molecule has 1 unspecified atom stereocenters. The fourth-order valence-corrected chi connectivity index (χ4v) is 3.61. The minimum Gasteiger partial charge on any atom is -0.126 e. The molecule has 0 aliphatic heterocycles. The Hall–Kier alpha value is -0.920. The molecule has 106 valence electrons. The van der Waals surface area contributed by atoms with Crippen molar-refractivity contribution in [1.29, 1.82) is 0 Å². The van der Waals surface area contributed by atoms with Crippen LogP contribution in [0.2, 0.25) is 0 Å². The van der Waals surface area contributed by atoms with Crippen molar-refractivity contribution in [2.45, 2.75) is 31.1 Å². The predicted octanol–water partition coefficient (Wildman–Crippen LogP) is 6.20. The molecule has 0 nitrogen and oxygen atoms in total. The van der Waals surface area contributed by atoms with Crippen molar-refractivity contribution in [3.05, 3.63) is 65.2 Å². The van der Waals surface area contributed by atoms with Crippen LogP contribution in [0.15, 0.2) is 70.1 Å². The third-order valence-electron chi connectivity index (χ3n) is 3.56. The van der Waals surface area contributed by atoms with Crippen LogP contribution in [0.25, 0.3) is 0 Å². The van der Waals surface area contributed by atoms with Gasteiger partial charge < -0.3 is 0 Å². The van der Waals surface area contributed by atoms with E-state index >= 15 is 0 Å². The maximum Gasteiger partial charge on any atom is 0.0216 e. The molecule has 0 saturated carbocycles. The monoisotopic (exact) mass is 304 g/mol. The largest absolute Gasteiger partial charge is 0.126 e. The SMILES string of the molecule is C=C(C)C(CSc1ccccc1)CC1=C(Cl)CCC=C1. The van der Waals surface area contributed by atoms with Gasteiger partial charge in [-0.1, -0.05) is 54.1 Å². The highest BCUT2D eigenvalue weighted by Crippen LogP contribution is 2.32.